The number of carbonyl (C=O) groups is 2. The third-order valence-corrected chi connectivity index (χ3v) is 5.26. The van der Waals surface area contributed by atoms with Crippen LogP contribution < -0.4 is 15.5 Å². The lowest BCUT2D eigenvalue weighted by Gasteiger charge is -2.22. The predicted octanol–water partition coefficient (Wildman–Crippen LogP) is 4.94. The van der Waals surface area contributed by atoms with E-state index in [0.29, 0.717) is 17.8 Å². The number of hydrogen-bond donors (Lipinski definition) is 2. The van der Waals surface area contributed by atoms with E-state index in [0.717, 1.165) is 10.6 Å². The molecule has 5 nitrogen and oxygen atoms in total. The molecular formula is C23H21N3O2S2. The maximum atomic E-state index is 13.2. The topological polar surface area (TPSA) is 61.4 Å². The van der Waals surface area contributed by atoms with Crippen LogP contribution in [0.1, 0.15) is 22.2 Å². The van der Waals surface area contributed by atoms with Gasteiger partial charge >= 0.3 is 0 Å². The second-order valence-corrected chi connectivity index (χ2v) is 7.61. The maximum Gasteiger partial charge on any atom is 0.260 e. The van der Waals surface area contributed by atoms with E-state index in [-0.39, 0.29) is 16.9 Å². The summed E-state index contributed by atoms with van der Waals surface area (Å²) >= 11 is 6.80. The monoisotopic (exact) mass is 435 g/mol. The van der Waals surface area contributed by atoms with Crippen LogP contribution in [0.3, 0.4) is 0 Å². The quantitative estimate of drug-likeness (QED) is 0.425. The average Bonchev–Trinajstić information content (AvgIpc) is 3.27. The van der Waals surface area contributed by atoms with Crippen molar-refractivity contribution in [3.8, 4) is 0 Å². The van der Waals surface area contributed by atoms with Crippen LogP contribution in [0.25, 0.3) is 6.08 Å². The molecular weight excluding hydrogens is 414 g/mol. The molecule has 0 aliphatic rings. The molecule has 152 valence electrons. The highest BCUT2D eigenvalue weighted by atomic mass is 32.1. The number of hydrogen-bond acceptors (Lipinski definition) is 4. The first-order valence-corrected chi connectivity index (χ1v) is 10.7. The summed E-state index contributed by atoms with van der Waals surface area (Å²) in [4.78, 5) is 27.9. The van der Waals surface area contributed by atoms with Gasteiger partial charge in [0.2, 0.25) is 5.91 Å². The predicted molar refractivity (Wildman–Crippen MR) is 128 cm³/mol. The van der Waals surface area contributed by atoms with Crippen LogP contribution in [0, 0.1) is 0 Å². The fourth-order valence-corrected chi connectivity index (χ4v) is 3.65. The molecule has 0 bridgehead atoms. The molecule has 2 aromatic carbocycles. The number of rotatable bonds is 6. The number of nitrogens with zero attached hydrogens (tertiary/aromatic N) is 1. The van der Waals surface area contributed by atoms with E-state index in [4.69, 9.17) is 12.2 Å². The van der Waals surface area contributed by atoms with Gasteiger partial charge in [-0.25, -0.2) is 0 Å². The summed E-state index contributed by atoms with van der Waals surface area (Å²) in [6.07, 6.45) is 3.14. The van der Waals surface area contributed by atoms with Crippen molar-refractivity contribution < 1.29 is 9.59 Å². The average molecular weight is 436 g/mol. The summed E-state index contributed by atoms with van der Waals surface area (Å²) in [5.74, 6) is -0.498. The van der Waals surface area contributed by atoms with E-state index in [1.165, 1.54) is 17.4 Å². The van der Waals surface area contributed by atoms with Gasteiger partial charge in [-0.15, -0.1) is 11.3 Å². The van der Waals surface area contributed by atoms with Crippen LogP contribution in [0.4, 0.5) is 11.4 Å². The molecule has 1 heterocycles. The molecule has 7 heteroatoms. The molecule has 0 atom stereocenters. The van der Waals surface area contributed by atoms with Crippen LogP contribution in [0.5, 0.6) is 0 Å². The third kappa shape index (κ3) is 5.62. The van der Waals surface area contributed by atoms with Crippen LogP contribution >= 0.6 is 23.6 Å². The Balaban J connectivity index is 1.70. The van der Waals surface area contributed by atoms with Crippen molar-refractivity contribution in [3.05, 3.63) is 88.6 Å². The lowest BCUT2D eigenvalue weighted by atomic mass is 10.1. The van der Waals surface area contributed by atoms with Gasteiger partial charge in [-0.3, -0.25) is 14.9 Å². The number of amides is 2. The Hall–Kier alpha value is -3.29. The first kappa shape index (κ1) is 21.4. The second kappa shape index (κ2) is 10.5. The molecule has 0 aliphatic carbocycles. The first-order chi connectivity index (χ1) is 14.6. The summed E-state index contributed by atoms with van der Waals surface area (Å²) in [5.41, 5.74) is 1.81. The summed E-state index contributed by atoms with van der Waals surface area (Å²) in [6.45, 7) is 2.44. The normalized spacial score (nSPS) is 10.6. The van der Waals surface area contributed by atoms with Crippen LogP contribution in [-0.2, 0) is 4.79 Å². The van der Waals surface area contributed by atoms with Crippen LogP contribution in [0.15, 0.2) is 78.2 Å². The third-order valence-electron chi connectivity index (χ3n) is 4.21. The Morgan fingerprint density at radius 3 is 2.47 bits per heavy atom. The van der Waals surface area contributed by atoms with Crippen molar-refractivity contribution in [1.29, 1.82) is 0 Å². The molecule has 2 amide bonds. The Kier molecular flexibility index (Phi) is 7.48. The van der Waals surface area contributed by atoms with Gasteiger partial charge < -0.3 is 10.2 Å². The zero-order valence-electron chi connectivity index (χ0n) is 16.4. The van der Waals surface area contributed by atoms with E-state index < -0.39 is 0 Å². The fourth-order valence-electron chi connectivity index (χ4n) is 2.83. The number of para-hydroxylation sites is 2. The maximum absolute atomic E-state index is 13.2. The minimum Gasteiger partial charge on any atom is -0.332 e. The van der Waals surface area contributed by atoms with Gasteiger partial charge in [0.25, 0.3) is 5.91 Å². The van der Waals surface area contributed by atoms with Crippen molar-refractivity contribution in [2.75, 3.05) is 16.8 Å². The Labute approximate surface area is 185 Å². The van der Waals surface area contributed by atoms with Gasteiger partial charge in [-0.1, -0.05) is 36.4 Å². The van der Waals surface area contributed by atoms with Gasteiger partial charge in [0.15, 0.2) is 5.11 Å². The largest absolute Gasteiger partial charge is 0.332 e. The zero-order chi connectivity index (χ0) is 21.3. The number of benzene rings is 2. The molecule has 30 heavy (non-hydrogen) atoms. The number of anilines is 2. The molecule has 2 N–H and O–H groups in total. The van der Waals surface area contributed by atoms with E-state index in [1.807, 2.05) is 54.8 Å². The lowest BCUT2D eigenvalue weighted by Crippen LogP contribution is -2.35. The highest BCUT2D eigenvalue weighted by molar-refractivity contribution is 7.80. The van der Waals surface area contributed by atoms with Crippen molar-refractivity contribution in [2.45, 2.75) is 6.92 Å². The van der Waals surface area contributed by atoms with Crippen molar-refractivity contribution in [1.82, 2.24) is 5.32 Å². The molecule has 0 saturated heterocycles. The van der Waals surface area contributed by atoms with E-state index in [9.17, 15) is 9.59 Å². The number of carbonyl (C=O) groups excluding carboxylic acids is 2. The minimum absolute atomic E-state index is 0.124. The van der Waals surface area contributed by atoms with Crippen molar-refractivity contribution in [3.63, 3.8) is 0 Å². The summed E-state index contributed by atoms with van der Waals surface area (Å²) in [5, 5.41) is 7.63. The van der Waals surface area contributed by atoms with Gasteiger partial charge in [0, 0.05) is 23.2 Å². The smallest absolute Gasteiger partial charge is 0.260 e. The summed E-state index contributed by atoms with van der Waals surface area (Å²) in [6, 6.07) is 20.4. The highest BCUT2D eigenvalue weighted by Gasteiger charge is 2.19. The highest BCUT2D eigenvalue weighted by Crippen LogP contribution is 2.21. The Morgan fingerprint density at radius 1 is 1.03 bits per heavy atom. The Morgan fingerprint density at radius 2 is 1.77 bits per heavy atom. The molecule has 0 fully saturated rings. The number of thiophene rings is 1. The molecule has 0 spiro atoms. The molecule has 3 aromatic rings. The van der Waals surface area contributed by atoms with E-state index in [1.54, 1.807) is 35.2 Å². The number of thiocarbonyl (C=S) groups is 1. The standard InChI is InChI=1S/C23H21N3O2S2/c1-2-26(17-9-4-3-5-10-17)22(28)19-12-6-7-13-20(19)24-23(29)25-21(27)15-14-18-11-8-16-30-18/h3-16H,2H2,1H3,(H2,24,25,27,29)/b15-14+. The Bertz CT molecular complexity index is 1050. The van der Waals surface area contributed by atoms with Gasteiger partial charge in [0.05, 0.1) is 11.3 Å². The van der Waals surface area contributed by atoms with E-state index >= 15 is 0 Å². The number of nitrogens with one attached hydrogen (secondary N) is 2. The molecule has 1 aromatic heterocycles. The van der Waals surface area contributed by atoms with Gasteiger partial charge in [-0.2, -0.15) is 0 Å². The first-order valence-electron chi connectivity index (χ1n) is 9.38. The lowest BCUT2D eigenvalue weighted by molar-refractivity contribution is -0.115. The van der Waals surface area contributed by atoms with Gasteiger partial charge in [-0.05, 0) is 60.9 Å². The molecule has 0 unspecified atom stereocenters. The molecule has 0 saturated carbocycles. The van der Waals surface area contributed by atoms with Crippen LogP contribution in [0.2, 0.25) is 0 Å². The summed E-state index contributed by atoms with van der Waals surface area (Å²) in [7, 11) is 0. The molecule has 0 radical (unpaired) electrons. The molecule has 0 aliphatic heterocycles. The summed E-state index contributed by atoms with van der Waals surface area (Å²) < 4.78 is 0. The van der Waals surface area contributed by atoms with Crippen LogP contribution in [-0.4, -0.2) is 23.5 Å². The van der Waals surface area contributed by atoms with Crippen molar-refractivity contribution in [2.24, 2.45) is 0 Å². The van der Waals surface area contributed by atoms with E-state index in [2.05, 4.69) is 10.6 Å². The minimum atomic E-state index is -0.343. The second-order valence-electron chi connectivity index (χ2n) is 6.22. The van der Waals surface area contributed by atoms with Crippen molar-refractivity contribution >= 4 is 57.9 Å². The fraction of sp³-hybridized carbons (Fsp3) is 0.0870. The SMILES string of the molecule is CCN(C(=O)c1ccccc1NC(=S)NC(=O)/C=C/c1cccs1)c1ccccc1. The van der Waals surface area contributed by atoms with Gasteiger partial charge in [0.1, 0.15) is 0 Å². The zero-order valence-corrected chi connectivity index (χ0v) is 18.0. The molecule has 3 rings (SSSR count).